The fourth-order valence-corrected chi connectivity index (χ4v) is 9.51. The van der Waals surface area contributed by atoms with E-state index in [0.717, 1.165) is 11.1 Å². The number of ether oxygens (including phenoxy) is 2. The Bertz CT molecular complexity index is 1740. The van der Waals surface area contributed by atoms with Gasteiger partial charge in [-0.25, -0.2) is 0 Å². The van der Waals surface area contributed by atoms with E-state index in [1.807, 2.05) is 61.7 Å². The van der Waals surface area contributed by atoms with Crippen LogP contribution in [0.15, 0.2) is 72.3 Å². The number of hydrogen-bond acceptors (Lipinski definition) is 9. The molecule has 2 spiro atoms. The number of nitro groups is 1. The quantitative estimate of drug-likeness (QED) is 0.252. The number of nitrogens with one attached hydrogen (secondary N) is 1. The van der Waals surface area contributed by atoms with Gasteiger partial charge in [-0.05, 0) is 36.9 Å². The Balaban J connectivity index is 1.57. The highest BCUT2D eigenvalue weighted by molar-refractivity contribution is 7.99. The lowest BCUT2D eigenvalue weighted by molar-refractivity contribution is -0.385. The fourth-order valence-electron chi connectivity index (χ4n) is 8.21. The molecule has 4 heterocycles. The van der Waals surface area contributed by atoms with Gasteiger partial charge in [-0.3, -0.25) is 24.6 Å². The third-order valence-corrected chi connectivity index (χ3v) is 10.7. The predicted molar refractivity (Wildman–Crippen MR) is 168 cm³/mol. The smallest absolute Gasteiger partial charge is 0.269 e. The van der Waals surface area contributed by atoms with Crippen LogP contribution in [0.4, 0.5) is 11.4 Å². The number of piperidine rings is 1. The molecule has 0 unspecified atom stereocenters. The SMILES string of the molecule is COc1ccccc1/C=C1\CN(C)C[C@@]2(C1=O)[C@H](c1ccccc1OC)[C@@H]1CSCN1[C@@]21C(=O)Nc2ccc([N+](=O)[O-])cc21. The highest BCUT2D eigenvalue weighted by Gasteiger charge is 2.79. The molecule has 4 aliphatic heterocycles. The maximum atomic E-state index is 15.5. The van der Waals surface area contributed by atoms with Gasteiger partial charge in [0.2, 0.25) is 0 Å². The molecule has 1 amide bonds. The maximum Gasteiger partial charge on any atom is 0.269 e. The summed E-state index contributed by atoms with van der Waals surface area (Å²) in [4.78, 5) is 46.1. The van der Waals surface area contributed by atoms with E-state index in [4.69, 9.17) is 9.47 Å². The zero-order chi connectivity index (χ0) is 30.8. The molecular weight excluding hydrogens is 580 g/mol. The number of hydrogen-bond donors (Lipinski definition) is 1. The summed E-state index contributed by atoms with van der Waals surface area (Å²) >= 11 is 1.70. The van der Waals surface area contributed by atoms with Crippen LogP contribution in [0.25, 0.3) is 6.08 Å². The lowest BCUT2D eigenvalue weighted by Gasteiger charge is -2.51. The molecule has 11 heteroatoms. The predicted octanol–water partition coefficient (Wildman–Crippen LogP) is 4.52. The number of fused-ring (bicyclic) bond motifs is 5. The van der Waals surface area contributed by atoms with Crippen molar-refractivity contribution in [2.75, 3.05) is 51.3 Å². The van der Waals surface area contributed by atoms with E-state index in [2.05, 4.69) is 15.1 Å². The summed E-state index contributed by atoms with van der Waals surface area (Å²) in [5.74, 6) is 1.52. The molecule has 1 N–H and O–H groups in total. The molecule has 0 bridgehead atoms. The molecule has 3 fully saturated rings. The summed E-state index contributed by atoms with van der Waals surface area (Å²) in [5, 5.41) is 15.1. The van der Waals surface area contributed by atoms with E-state index in [1.54, 1.807) is 32.0 Å². The number of likely N-dealkylation sites (tertiary alicyclic amines) is 1. The summed E-state index contributed by atoms with van der Waals surface area (Å²) < 4.78 is 11.5. The molecule has 226 valence electrons. The number of carbonyl (C=O) groups is 2. The number of nitrogens with zero attached hydrogens (tertiary/aromatic N) is 3. The molecule has 7 rings (SSSR count). The topological polar surface area (TPSA) is 114 Å². The molecule has 3 aromatic carbocycles. The Hall–Kier alpha value is -4.19. The van der Waals surface area contributed by atoms with Crippen molar-refractivity contribution >= 4 is 40.9 Å². The van der Waals surface area contributed by atoms with Gasteiger partial charge >= 0.3 is 0 Å². The number of benzene rings is 3. The first kappa shape index (κ1) is 28.6. The van der Waals surface area contributed by atoms with Crippen molar-refractivity contribution in [2.24, 2.45) is 5.41 Å². The fraction of sp³-hybridized carbons (Fsp3) is 0.333. The highest BCUT2D eigenvalue weighted by Crippen LogP contribution is 2.69. The van der Waals surface area contributed by atoms with Crippen molar-refractivity contribution in [1.82, 2.24) is 9.80 Å². The summed E-state index contributed by atoms with van der Waals surface area (Å²) in [7, 11) is 5.16. The van der Waals surface area contributed by atoms with Crippen LogP contribution in [0.5, 0.6) is 11.5 Å². The van der Waals surface area contributed by atoms with Gasteiger partial charge in [0.1, 0.15) is 17.0 Å². The van der Waals surface area contributed by atoms with Gasteiger partial charge < -0.3 is 19.7 Å². The van der Waals surface area contributed by atoms with Crippen LogP contribution >= 0.6 is 11.8 Å². The average Bonchev–Trinajstić information content (AvgIpc) is 3.67. The molecule has 4 atom stereocenters. The third kappa shape index (κ3) is 3.75. The van der Waals surface area contributed by atoms with Crippen molar-refractivity contribution in [1.29, 1.82) is 0 Å². The molecule has 0 aliphatic carbocycles. The molecule has 44 heavy (non-hydrogen) atoms. The second kappa shape index (κ2) is 10.5. The largest absolute Gasteiger partial charge is 0.496 e. The summed E-state index contributed by atoms with van der Waals surface area (Å²) in [6, 6.07) is 19.5. The Morgan fingerprint density at radius 1 is 1.05 bits per heavy atom. The van der Waals surface area contributed by atoms with Crippen LogP contribution in [-0.4, -0.2) is 78.4 Å². The number of methoxy groups -OCH3 is 2. The van der Waals surface area contributed by atoms with Gasteiger partial charge in [-0.1, -0.05) is 36.4 Å². The van der Waals surface area contributed by atoms with Gasteiger partial charge in [0, 0.05) is 71.2 Å². The average molecular weight is 613 g/mol. The van der Waals surface area contributed by atoms with Gasteiger partial charge in [-0.15, -0.1) is 11.8 Å². The Morgan fingerprint density at radius 2 is 1.77 bits per heavy atom. The van der Waals surface area contributed by atoms with Crippen molar-refractivity contribution in [3.8, 4) is 11.5 Å². The van der Waals surface area contributed by atoms with Crippen molar-refractivity contribution in [3.63, 3.8) is 0 Å². The number of para-hydroxylation sites is 2. The van der Waals surface area contributed by atoms with Crippen molar-refractivity contribution < 1.29 is 24.0 Å². The first-order valence-electron chi connectivity index (χ1n) is 14.4. The van der Waals surface area contributed by atoms with Gasteiger partial charge in [0.05, 0.1) is 24.6 Å². The number of rotatable bonds is 5. The van der Waals surface area contributed by atoms with Crippen LogP contribution in [0.3, 0.4) is 0 Å². The summed E-state index contributed by atoms with van der Waals surface area (Å²) in [6.07, 6.45) is 1.87. The summed E-state index contributed by atoms with van der Waals surface area (Å²) in [6.45, 7) is 0.640. The number of thioether (sulfide) groups is 1. The number of nitro benzene ring substituents is 1. The summed E-state index contributed by atoms with van der Waals surface area (Å²) in [5.41, 5.74) is 0.139. The minimum absolute atomic E-state index is 0.125. The van der Waals surface area contributed by atoms with Gasteiger partial charge in [0.25, 0.3) is 11.6 Å². The third-order valence-electron chi connectivity index (χ3n) is 9.69. The van der Waals surface area contributed by atoms with Crippen molar-refractivity contribution in [2.45, 2.75) is 17.5 Å². The number of ketones is 1. The highest BCUT2D eigenvalue weighted by atomic mass is 32.2. The molecular formula is C33H32N4O6S. The number of non-ortho nitro benzene ring substituents is 1. The van der Waals surface area contributed by atoms with E-state index in [0.29, 0.717) is 46.5 Å². The van der Waals surface area contributed by atoms with E-state index in [9.17, 15) is 14.9 Å². The van der Waals surface area contributed by atoms with Crippen LogP contribution in [0, 0.1) is 15.5 Å². The maximum absolute atomic E-state index is 15.5. The molecule has 3 saturated heterocycles. The Morgan fingerprint density at radius 3 is 2.52 bits per heavy atom. The lowest BCUT2D eigenvalue weighted by Crippen LogP contribution is -2.65. The van der Waals surface area contributed by atoms with Crippen LogP contribution < -0.4 is 14.8 Å². The number of likely N-dealkylation sites (N-methyl/N-ethyl adjacent to an activating group) is 1. The number of amides is 1. The second-order valence-electron chi connectivity index (χ2n) is 11.8. The number of Topliss-reactive ketones (excluding diaryl/α,β-unsaturated/α-hetero) is 1. The standard InChI is InChI=1S/C33H32N4O6S/c1-35-16-21(14-20-8-4-6-10-27(20)42-2)30(38)32(18-35)29(23-9-5-7-11-28(23)43-3)26-17-44-19-36(26)33(32)24-15-22(37(40)41)12-13-25(24)34-31(33)39/h4-15,26,29H,16-19H2,1-3H3,(H,34,39)/b21-14+/t26-,29+,32-,33-/m0/s1. The van der Waals surface area contributed by atoms with Crippen molar-refractivity contribution in [3.05, 3.63) is 99.1 Å². The van der Waals surface area contributed by atoms with Crippen LogP contribution in [0.1, 0.15) is 22.6 Å². The number of anilines is 1. The monoisotopic (exact) mass is 612 g/mol. The Labute approximate surface area is 259 Å². The zero-order valence-electron chi connectivity index (χ0n) is 24.6. The Kier molecular flexibility index (Phi) is 6.80. The van der Waals surface area contributed by atoms with E-state index in [-0.39, 0.29) is 30.0 Å². The molecule has 0 saturated carbocycles. The molecule has 4 aliphatic rings. The second-order valence-corrected chi connectivity index (χ2v) is 12.8. The zero-order valence-corrected chi connectivity index (χ0v) is 25.4. The van der Waals surface area contributed by atoms with Crippen LogP contribution in [-0.2, 0) is 15.1 Å². The molecule has 3 aromatic rings. The van der Waals surface area contributed by atoms with Gasteiger partial charge in [0.15, 0.2) is 5.78 Å². The van der Waals surface area contributed by atoms with E-state index in [1.165, 1.54) is 12.1 Å². The molecule has 0 radical (unpaired) electrons. The van der Waals surface area contributed by atoms with Crippen LogP contribution in [0.2, 0.25) is 0 Å². The lowest BCUT2D eigenvalue weighted by atomic mass is 9.55. The van der Waals surface area contributed by atoms with E-state index < -0.39 is 21.8 Å². The minimum Gasteiger partial charge on any atom is -0.496 e. The molecule has 10 nitrogen and oxygen atoms in total. The molecule has 0 aromatic heterocycles. The van der Waals surface area contributed by atoms with Gasteiger partial charge in [-0.2, -0.15) is 0 Å². The normalized spacial score (nSPS) is 28.8. The minimum atomic E-state index is -1.50. The van der Waals surface area contributed by atoms with E-state index >= 15 is 4.79 Å². The first-order chi connectivity index (χ1) is 21.3. The number of carbonyl (C=O) groups excluding carboxylic acids is 2. The first-order valence-corrected chi connectivity index (χ1v) is 15.6.